The first kappa shape index (κ1) is 14.8. The standard InChI is InChI=1S/C12H10ClIN4O2/c13-7-1-2-10(14)9(3-7)12(20)17-8-4-16-18(5-8)6-11(15)19/h1-5H,6H2,(H2,15,19)(H,17,20). The summed E-state index contributed by atoms with van der Waals surface area (Å²) in [6.45, 7) is -0.0371. The number of amides is 2. The molecule has 0 saturated heterocycles. The number of carbonyl (C=O) groups is 2. The largest absolute Gasteiger partial charge is 0.368 e. The Labute approximate surface area is 133 Å². The Balaban J connectivity index is 2.13. The fourth-order valence-electron chi connectivity index (χ4n) is 1.54. The molecule has 3 N–H and O–H groups in total. The summed E-state index contributed by atoms with van der Waals surface area (Å²) in [6.07, 6.45) is 2.97. The number of nitrogens with one attached hydrogen (secondary N) is 1. The molecule has 8 heteroatoms. The van der Waals surface area contributed by atoms with E-state index in [1.165, 1.54) is 17.1 Å². The van der Waals surface area contributed by atoms with Gasteiger partial charge in [-0.3, -0.25) is 14.3 Å². The van der Waals surface area contributed by atoms with Crippen molar-refractivity contribution >= 4 is 51.7 Å². The normalized spacial score (nSPS) is 10.3. The van der Waals surface area contributed by atoms with E-state index in [-0.39, 0.29) is 12.5 Å². The SMILES string of the molecule is NC(=O)Cn1cc(NC(=O)c2cc(Cl)ccc2I)cn1. The molecular formula is C12H10ClIN4O2. The van der Waals surface area contributed by atoms with Gasteiger partial charge in [-0.15, -0.1) is 0 Å². The van der Waals surface area contributed by atoms with Gasteiger partial charge in [-0.05, 0) is 40.8 Å². The van der Waals surface area contributed by atoms with Crippen LogP contribution in [0.5, 0.6) is 0 Å². The first-order chi connectivity index (χ1) is 9.45. The lowest BCUT2D eigenvalue weighted by atomic mass is 10.2. The Morgan fingerprint density at radius 3 is 2.90 bits per heavy atom. The van der Waals surface area contributed by atoms with Crippen molar-refractivity contribution in [1.29, 1.82) is 0 Å². The van der Waals surface area contributed by atoms with E-state index in [1.807, 2.05) is 0 Å². The van der Waals surface area contributed by atoms with Crippen LogP contribution in [0.15, 0.2) is 30.6 Å². The average Bonchev–Trinajstić information content (AvgIpc) is 2.78. The third kappa shape index (κ3) is 3.70. The van der Waals surface area contributed by atoms with Crippen LogP contribution < -0.4 is 11.1 Å². The Hall–Kier alpha value is -1.61. The molecule has 0 fully saturated rings. The third-order valence-corrected chi connectivity index (χ3v) is 3.56. The molecule has 6 nitrogen and oxygen atoms in total. The summed E-state index contributed by atoms with van der Waals surface area (Å²) < 4.78 is 2.13. The fourth-order valence-corrected chi connectivity index (χ4v) is 2.30. The molecular weight excluding hydrogens is 395 g/mol. The van der Waals surface area contributed by atoms with E-state index >= 15 is 0 Å². The molecule has 104 valence electrons. The molecule has 0 spiro atoms. The highest BCUT2D eigenvalue weighted by Crippen LogP contribution is 2.19. The molecule has 0 radical (unpaired) electrons. The van der Waals surface area contributed by atoms with Gasteiger partial charge in [-0.2, -0.15) is 5.10 Å². The number of carbonyl (C=O) groups excluding carboxylic acids is 2. The van der Waals surface area contributed by atoms with E-state index in [2.05, 4.69) is 33.0 Å². The molecule has 1 aromatic heterocycles. The van der Waals surface area contributed by atoms with E-state index in [1.54, 1.807) is 18.2 Å². The molecule has 1 aromatic carbocycles. The smallest absolute Gasteiger partial charge is 0.256 e. The highest BCUT2D eigenvalue weighted by molar-refractivity contribution is 14.1. The maximum absolute atomic E-state index is 12.1. The predicted molar refractivity (Wildman–Crippen MR) is 83.5 cm³/mol. The molecule has 2 amide bonds. The zero-order valence-electron chi connectivity index (χ0n) is 10.1. The second-order valence-electron chi connectivity index (χ2n) is 3.97. The van der Waals surface area contributed by atoms with Crippen LogP contribution >= 0.6 is 34.2 Å². The summed E-state index contributed by atoms with van der Waals surface area (Å²) in [7, 11) is 0. The number of anilines is 1. The Morgan fingerprint density at radius 2 is 2.20 bits per heavy atom. The molecule has 2 aromatic rings. The number of primary amides is 1. The van der Waals surface area contributed by atoms with Crippen LogP contribution in [0.25, 0.3) is 0 Å². The highest BCUT2D eigenvalue weighted by Gasteiger charge is 2.12. The van der Waals surface area contributed by atoms with Gasteiger partial charge in [0, 0.05) is 14.8 Å². The Kier molecular flexibility index (Phi) is 4.61. The highest BCUT2D eigenvalue weighted by atomic mass is 127. The second-order valence-corrected chi connectivity index (χ2v) is 5.57. The van der Waals surface area contributed by atoms with E-state index in [0.29, 0.717) is 16.3 Å². The number of aromatic nitrogens is 2. The van der Waals surface area contributed by atoms with Crippen LogP contribution in [-0.4, -0.2) is 21.6 Å². The molecule has 0 aliphatic rings. The minimum absolute atomic E-state index is 0.0371. The van der Waals surface area contributed by atoms with Crippen LogP contribution in [0.3, 0.4) is 0 Å². The summed E-state index contributed by atoms with van der Waals surface area (Å²) in [5.74, 6) is -0.800. The predicted octanol–water partition coefficient (Wildman–Crippen LogP) is 1.88. The summed E-state index contributed by atoms with van der Waals surface area (Å²) in [6, 6.07) is 5.06. The van der Waals surface area contributed by atoms with Crippen molar-refractivity contribution in [3.05, 3.63) is 44.7 Å². The zero-order valence-corrected chi connectivity index (χ0v) is 13.1. The minimum atomic E-state index is -0.504. The van der Waals surface area contributed by atoms with Gasteiger partial charge in [0.15, 0.2) is 0 Å². The molecule has 0 unspecified atom stereocenters. The number of nitrogens with two attached hydrogens (primary N) is 1. The molecule has 1 heterocycles. The maximum Gasteiger partial charge on any atom is 0.256 e. The van der Waals surface area contributed by atoms with Gasteiger partial charge in [0.1, 0.15) is 6.54 Å². The van der Waals surface area contributed by atoms with Gasteiger partial charge >= 0.3 is 0 Å². The van der Waals surface area contributed by atoms with Gasteiger partial charge in [0.25, 0.3) is 5.91 Å². The molecule has 0 saturated carbocycles. The summed E-state index contributed by atoms with van der Waals surface area (Å²) >= 11 is 7.93. The van der Waals surface area contributed by atoms with Gasteiger partial charge in [-0.25, -0.2) is 0 Å². The lowest BCUT2D eigenvalue weighted by Crippen LogP contribution is -2.18. The van der Waals surface area contributed by atoms with Gasteiger partial charge in [-0.1, -0.05) is 11.6 Å². The van der Waals surface area contributed by atoms with E-state index in [9.17, 15) is 9.59 Å². The summed E-state index contributed by atoms with van der Waals surface area (Å²) in [4.78, 5) is 22.9. The van der Waals surface area contributed by atoms with Crippen LogP contribution in [0, 0.1) is 3.57 Å². The molecule has 0 atom stereocenters. The molecule has 20 heavy (non-hydrogen) atoms. The van der Waals surface area contributed by atoms with Gasteiger partial charge < -0.3 is 11.1 Å². The molecule has 0 aliphatic carbocycles. The third-order valence-electron chi connectivity index (χ3n) is 2.38. The molecule has 2 rings (SSSR count). The van der Waals surface area contributed by atoms with Crippen LogP contribution in [0.1, 0.15) is 10.4 Å². The topological polar surface area (TPSA) is 90.0 Å². The maximum atomic E-state index is 12.1. The quantitative estimate of drug-likeness (QED) is 0.763. The number of nitrogens with zero attached hydrogens (tertiary/aromatic N) is 2. The first-order valence-electron chi connectivity index (χ1n) is 5.53. The van der Waals surface area contributed by atoms with Crippen LogP contribution in [0.2, 0.25) is 5.02 Å². The Bertz CT molecular complexity index is 671. The van der Waals surface area contributed by atoms with Gasteiger partial charge in [0.05, 0.1) is 17.4 Å². The lowest BCUT2D eigenvalue weighted by Gasteiger charge is -2.05. The van der Waals surface area contributed by atoms with E-state index in [4.69, 9.17) is 17.3 Å². The number of benzene rings is 1. The van der Waals surface area contributed by atoms with Crippen LogP contribution in [-0.2, 0) is 11.3 Å². The van der Waals surface area contributed by atoms with Crippen molar-refractivity contribution in [2.24, 2.45) is 5.73 Å². The number of rotatable bonds is 4. The van der Waals surface area contributed by atoms with E-state index < -0.39 is 5.91 Å². The summed E-state index contributed by atoms with van der Waals surface area (Å²) in [5, 5.41) is 7.08. The van der Waals surface area contributed by atoms with Crippen molar-refractivity contribution in [3.8, 4) is 0 Å². The minimum Gasteiger partial charge on any atom is -0.368 e. The van der Waals surface area contributed by atoms with Crippen molar-refractivity contribution < 1.29 is 9.59 Å². The van der Waals surface area contributed by atoms with E-state index in [0.717, 1.165) is 3.57 Å². The zero-order chi connectivity index (χ0) is 14.7. The second kappa shape index (κ2) is 6.23. The number of hydrogen-bond acceptors (Lipinski definition) is 3. The first-order valence-corrected chi connectivity index (χ1v) is 6.98. The number of halogens is 2. The number of hydrogen-bond donors (Lipinski definition) is 2. The molecule has 0 bridgehead atoms. The van der Waals surface area contributed by atoms with Crippen molar-refractivity contribution in [2.75, 3.05) is 5.32 Å². The lowest BCUT2D eigenvalue weighted by molar-refractivity contribution is -0.118. The monoisotopic (exact) mass is 404 g/mol. The van der Waals surface area contributed by atoms with Crippen molar-refractivity contribution in [3.63, 3.8) is 0 Å². The fraction of sp³-hybridized carbons (Fsp3) is 0.0833. The Morgan fingerprint density at radius 1 is 1.45 bits per heavy atom. The average molecular weight is 405 g/mol. The summed E-state index contributed by atoms with van der Waals surface area (Å²) in [5.41, 5.74) is 6.01. The van der Waals surface area contributed by atoms with Crippen LogP contribution in [0.4, 0.5) is 5.69 Å². The van der Waals surface area contributed by atoms with Crippen molar-refractivity contribution in [1.82, 2.24) is 9.78 Å². The van der Waals surface area contributed by atoms with Crippen molar-refractivity contribution in [2.45, 2.75) is 6.54 Å². The molecule has 0 aliphatic heterocycles. The van der Waals surface area contributed by atoms with Gasteiger partial charge in [0.2, 0.25) is 5.91 Å².